The highest BCUT2D eigenvalue weighted by molar-refractivity contribution is 7.91. The van der Waals surface area contributed by atoms with Gasteiger partial charge in [0.25, 0.3) is 0 Å². The van der Waals surface area contributed by atoms with Crippen LogP contribution in [-0.2, 0) is 9.84 Å². The number of hydrogen-bond acceptors (Lipinski definition) is 3. The molecular weight excluding hydrogens is 306 g/mol. The largest absolute Gasteiger partial charge is 0.310 e. The van der Waals surface area contributed by atoms with Crippen LogP contribution in [0, 0.1) is 12.8 Å². The number of halogens is 1. The smallest absolute Gasteiger partial charge is 0.150 e. The minimum atomic E-state index is -2.81. The lowest BCUT2D eigenvalue weighted by Gasteiger charge is -2.22. The van der Waals surface area contributed by atoms with E-state index in [1.54, 1.807) is 0 Å². The molecule has 1 N–H and O–H groups in total. The van der Waals surface area contributed by atoms with Gasteiger partial charge in [0, 0.05) is 11.1 Å². The fraction of sp³-hybridized carbons (Fsp3) is 0.625. The summed E-state index contributed by atoms with van der Waals surface area (Å²) >= 11 is 6.23. The first-order valence-electron chi connectivity index (χ1n) is 7.61. The lowest BCUT2D eigenvalue weighted by atomic mass is 9.93. The molecule has 1 aromatic rings. The SMILES string of the molecule is CCCNC(CC1CCS(=O)(=O)C1)c1ccc(C)c(Cl)c1. The van der Waals surface area contributed by atoms with E-state index in [1.807, 2.05) is 19.1 Å². The van der Waals surface area contributed by atoms with Gasteiger partial charge in [-0.3, -0.25) is 0 Å². The van der Waals surface area contributed by atoms with E-state index >= 15 is 0 Å². The average Bonchev–Trinajstić information content (AvgIpc) is 2.77. The molecule has 1 aromatic carbocycles. The zero-order valence-electron chi connectivity index (χ0n) is 12.7. The number of benzene rings is 1. The standard InChI is InChI=1S/C16H24ClNO2S/c1-3-7-18-16(9-13-6-8-21(19,20)11-13)14-5-4-12(2)15(17)10-14/h4-5,10,13,16,18H,3,6-9,11H2,1-2H3. The maximum absolute atomic E-state index is 11.6. The summed E-state index contributed by atoms with van der Waals surface area (Å²) in [4.78, 5) is 0. The molecule has 1 aliphatic rings. The zero-order valence-corrected chi connectivity index (χ0v) is 14.3. The Balaban J connectivity index is 2.12. The van der Waals surface area contributed by atoms with Crippen molar-refractivity contribution in [2.24, 2.45) is 5.92 Å². The Hall–Kier alpha value is -0.580. The van der Waals surface area contributed by atoms with Crippen molar-refractivity contribution >= 4 is 21.4 Å². The summed E-state index contributed by atoms with van der Waals surface area (Å²) in [5, 5.41) is 4.31. The van der Waals surface area contributed by atoms with Crippen molar-refractivity contribution in [3.05, 3.63) is 34.3 Å². The molecule has 1 fully saturated rings. The molecule has 1 aliphatic heterocycles. The van der Waals surface area contributed by atoms with E-state index in [9.17, 15) is 8.42 Å². The molecule has 0 spiro atoms. The fourth-order valence-corrected chi connectivity index (χ4v) is 4.94. The third kappa shape index (κ3) is 4.70. The molecule has 2 unspecified atom stereocenters. The molecule has 2 rings (SSSR count). The van der Waals surface area contributed by atoms with E-state index in [0.717, 1.165) is 42.0 Å². The van der Waals surface area contributed by atoms with Gasteiger partial charge >= 0.3 is 0 Å². The third-order valence-corrected chi connectivity index (χ3v) is 6.38. The van der Waals surface area contributed by atoms with Crippen molar-refractivity contribution in [3.63, 3.8) is 0 Å². The summed E-state index contributed by atoms with van der Waals surface area (Å²) in [5.74, 6) is 0.924. The molecule has 0 aromatic heterocycles. The van der Waals surface area contributed by atoms with Crippen LogP contribution in [0.5, 0.6) is 0 Å². The normalized spacial score (nSPS) is 22.3. The van der Waals surface area contributed by atoms with Crippen LogP contribution in [0.3, 0.4) is 0 Å². The van der Waals surface area contributed by atoms with Gasteiger partial charge < -0.3 is 5.32 Å². The highest BCUT2D eigenvalue weighted by Crippen LogP contribution is 2.30. The predicted octanol–water partition coefficient (Wildman–Crippen LogP) is 3.51. The van der Waals surface area contributed by atoms with E-state index in [2.05, 4.69) is 18.3 Å². The Morgan fingerprint density at radius 3 is 2.76 bits per heavy atom. The first-order valence-corrected chi connectivity index (χ1v) is 9.81. The van der Waals surface area contributed by atoms with Gasteiger partial charge in [-0.1, -0.05) is 30.7 Å². The molecule has 0 bridgehead atoms. The molecule has 3 nitrogen and oxygen atoms in total. The van der Waals surface area contributed by atoms with E-state index in [4.69, 9.17) is 11.6 Å². The Morgan fingerprint density at radius 2 is 2.19 bits per heavy atom. The maximum atomic E-state index is 11.6. The average molecular weight is 330 g/mol. The van der Waals surface area contributed by atoms with Gasteiger partial charge in [-0.25, -0.2) is 8.42 Å². The summed E-state index contributed by atoms with van der Waals surface area (Å²) in [5.41, 5.74) is 2.22. The second-order valence-electron chi connectivity index (χ2n) is 6.02. The Labute approximate surface area is 133 Å². The first-order chi connectivity index (χ1) is 9.91. The number of rotatable bonds is 6. The Bertz CT molecular complexity index is 586. The van der Waals surface area contributed by atoms with Gasteiger partial charge in [0.15, 0.2) is 9.84 Å². The van der Waals surface area contributed by atoms with Crippen LogP contribution in [0.4, 0.5) is 0 Å². The van der Waals surface area contributed by atoms with Crippen molar-refractivity contribution < 1.29 is 8.42 Å². The monoisotopic (exact) mass is 329 g/mol. The highest BCUT2D eigenvalue weighted by atomic mass is 35.5. The van der Waals surface area contributed by atoms with E-state index in [1.165, 1.54) is 0 Å². The van der Waals surface area contributed by atoms with Crippen molar-refractivity contribution in [2.45, 2.75) is 39.2 Å². The quantitative estimate of drug-likeness (QED) is 0.868. The van der Waals surface area contributed by atoms with Crippen molar-refractivity contribution in [1.82, 2.24) is 5.32 Å². The molecular formula is C16H24ClNO2S. The molecule has 0 saturated carbocycles. The molecule has 2 atom stereocenters. The summed E-state index contributed by atoms with van der Waals surface area (Å²) in [6.45, 7) is 5.05. The van der Waals surface area contributed by atoms with E-state index < -0.39 is 9.84 Å². The van der Waals surface area contributed by atoms with Gasteiger partial charge in [0.05, 0.1) is 11.5 Å². The van der Waals surface area contributed by atoms with Crippen LogP contribution >= 0.6 is 11.6 Å². The second kappa shape index (κ2) is 7.12. The number of nitrogens with one attached hydrogen (secondary N) is 1. The van der Waals surface area contributed by atoms with Crippen LogP contribution in [0.1, 0.15) is 43.4 Å². The summed E-state index contributed by atoms with van der Waals surface area (Å²) < 4.78 is 23.3. The van der Waals surface area contributed by atoms with Crippen LogP contribution in [0.15, 0.2) is 18.2 Å². The van der Waals surface area contributed by atoms with Gasteiger partial charge in [0.2, 0.25) is 0 Å². The lowest BCUT2D eigenvalue weighted by molar-refractivity contribution is 0.415. The molecule has 0 amide bonds. The fourth-order valence-electron chi connectivity index (χ4n) is 2.87. The molecule has 0 radical (unpaired) electrons. The summed E-state index contributed by atoms with van der Waals surface area (Å²) in [6.07, 6.45) is 2.70. The first kappa shape index (κ1) is 16.8. The Morgan fingerprint density at radius 1 is 1.43 bits per heavy atom. The topological polar surface area (TPSA) is 46.2 Å². The van der Waals surface area contributed by atoms with Gasteiger partial charge in [-0.05, 0) is 55.8 Å². The number of aryl methyl sites for hydroxylation is 1. The van der Waals surface area contributed by atoms with Crippen molar-refractivity contribution in [3.8, 4) is 0 Å². The van der Waals surface area contributed by atoms with Crippen molar-refractivity contribution in [1.29, 1.82) is 0 Å². The van der Waals surface area contributed by atoms with Gasteiger partial charge in [-0.2, -0.15) is 0 Å². The van der Waals surface area contributed by atoms with E-state index in [-0.39, 0.29) is 12.0 Å². The molecule has 0 aliphatic carbocycles. The number of sulfone groups is 1. The van der Waals surface area contributed by atoms with Crippen LogP contribution in [0.25, 0.3) is 0 Å². The molecule has 1 saturated heterocycles. The van der Waals surface area contributed by atoms with Gasteiger partial charge in [0.1, 0.15) is 0 Å². The van der Waals surface area contributed by atoms with Crippen LogP contribution < -0.4 is 5.32 Å². The van der Waals surface area contributed by atoms with Crippen LogP contribution in [-0.4, -0.2) is 26.5 Å². The maximum Gasteiger partial charge on any atom is 0.150 e. The Kier molecular flexibility index (Phi) is 5.69. The lowest BCUT2D eigenvalue weighted by Crippen LogP contribution is -2.25. The summed E-state index contributed by atoms with van der Waals surface area (Å²) in [6, 6.07) is 6.32. The molecule has 5 heteroatoms. The van der Waals surface area contributed by atoms with E-state index in [0.29, 0.717) is 11.5 Å². The second-order valence-corrected chi connectivity index (χ2v) is 8.66. The zero-order chi connectivity index (χ0) is 15.5. The van der Waals surface area contributed by atoms with Crippen LogP contribution in [0.2, 0.25) is 5.02 Å². The highest BCUT2D eigenvalue weighted by Gasteiger charge is 2.30. The molecule has 118 valence electrons. The molecule has 1 heterocycles. The predicted molar refractivity (Wildman–Crippen MR) is 88.6 cm³/mol. The minimum absolute atomic E-state index is 0.182. The molecule has 21 heavy (non-hydrogen) atoms. The minimum Gasteiger partial charge on any atom is -0.310 e. The van der Waals surface area contributed by atoms with Crippen molar-refractivity contribution in [2.75, 3.05) is 18.1 Å². The van der Waals surface area contributed by atoms with Gasteiger partial charge in [-0.15, -0.1) is 0 Å². The third-order valence-electron chi connectivity index (χ3n) is 4.13. The number of hydrogen-bond donors (Lipinski definition) is 1. The summed E-state index contributed by atoms with van der Waals surface area (Å²) in [7, 11) is -2.81.